The van der Waals surface area contributed by atoms with Gasteiger partial charge in [-0.15, -0.1) is 11.3 Å². The van der Waals surface area contributed by atoms with Crippen molar-refractivity contribution in [1.29, 1.82) is 0 Å². The van der Waals surface area contributed by atoms with E-state index in [2.05, 4.69) is 4.98 Å². The second-order valence-corrected chi connectivity index (χ2v) is 4.48. The lowest BCUT2D eigenvalue weighted by atomic mass is 9.89. The molecule has 1 aromatic rings. The van der Waals surface area contributed by atoms with E-state index < -0.39 is 5.67 Å². The minimum absolute atomic E-state index is 0.0598. The summed E-state index contributed by atoms with van der Waals surface area (Å²) in [6, 6.07) is 0. The van der Waals surface area contributed by atoms with Crippen molar-refractivity contribution in [2.75, 3.05) is 6.54 Å². The molecule has 74 valence electrons. The van der Waals surface area contributed by atoms with E-state index in [1.807, 2.05) is 19.2 Å². The van der Waals surface area contributed by atoms with Crippen molar-refractivity contribution < 1.29 is 4.39 Å². The lowest BCUT2D eigenvalue weighted by molar-refractivity contribution is 0.110. The van der Waals surface area contributed by atoms with E-state index in [4.69, 9.17) is 5.73 Å². The fourth-order valence-corrected chi connectivity index (χ4v) is 1.83. The first-order valence-corrected chi connectivity index (χ1v) is 5.24. The number of rotatable bonds is 4. The predicted molar refractivity (Wildman–Crippen MR) is 53.5 cm³/mol. The van der Waals surface area contributed by atoms with Gasteiger partial charge < -0.3 is 5.73 Å². The van der Waals surface area contributed by atoms with E-state index in [1.165, 1.54) is 11.3 Å². The number of nitrogens with zero attached hydrogens (tertiary/aromatic N) is 1. The molecule has 0 radical (unpaired) electrons. The van der Waals surface area contributed by atoms with E-state index >= 15 is 0 Å². The summed E-state index contributed by atoms with van der Waals surface area (Å²) in [4.78, 5) is 4.05. The topological polar surface area (TPSA) is 38.9 Å². The zero-order chi connectivity index (χ0) is 9.90. The second kappa shape index (κ2) is 4.15. The summed E-state index contributed by atoms with van der Waals surface area (Å²) < 4.78 is 14.0. The number of thiazole rings is 1. The van der Waals surface area contributed by atoms with Gasteiger partial charge >= 0.3 is 0 Å². The summed E-state index contributed by atoms with van der Waals surface area (Å²) in [5.41, 5.74) is 4.12. The molecule has 0 aliphatic carbocycles. The largest absolute Gasteiger partial charge is 0.328 e. The van der Waals surface area contributed by atoms with Gasteiger partial charge in [0.2, 0.25) is 0 Å². The highest BCUT2D eigenvalue weighted by Gasteiger charge is 2.33. The van der Waals surface area contributed by atoms with Crippen LogP contribution in [0.2, 0.25) is 0 Å². The molecule has 0 aliphatic heterocycles. The van der Waals surface area contributed by atoms with Crippen LogP contribution in [0.4, 0.5) is 4.39 Å². The summed E-state index contributed by atoms with van der Waals surface area (Å²) in [6.07, 6.45) is 2.02. The number of aromatic nitrogens is 1. The molecule has 1 atom stereocenters. The first-order chi connectivity index (χ1) is 6.08. The molecule has 1 unspecified atom stereocenters. The van der Waals surface area contributed by atoms with Crippen LogP contribution in [0.15, 0.2) is 11.6 Å². The van der Waals surface area contributed by atoms with E-state index in [0.29, 0.717) is 6.42 Å². The molecule has 1 aromatic heterocycles. The lowest BCUT2D eigenvalue weighted by Crippen LogP contribution is -2.40. The van der Waals surface area contributed by atoms with Gasteiger partial charge in [-0.05, 0) is 5.92 Å². The standard InChI is InChI=1S/C9H15FN2S/c1-7(2)9(10,6-11)5-8-12-3-4-13-8/h3-4,7H,5-6,11H2,1-2H3. The second-order valence-electron chi connectivity index (χ2n) is 3.50. The zero-order valence-electron chi connectivity index (χ0n) is 7.96. The third-order valence-corrected chi connectivity index (χ3v) is 3.08. The fraction of sp³-hybridized carbons (Fsp3) is 0.667. The van der Waals surface area contributed by atoms with Crippen molar-refractivity contribution in [3.05, 3.63) is 16.6 Å². The number of hydrogen-bond donors (Lipinski definition) is 1. The van der Waals surface area contributed by atoms with Gasteiger partial charge in [-0.25, -0.2) is 9.37 Å². The van der Waals surface area contributed by atoms with Crippen LogP contribution in [0.1, 0.15) is 18.9 Å². The molecular formula is C9H15FN2S. The van der Waals surface area contributed by atoms with Gasteiger partial charge in [-0.3, -0.25) is 0 Å². The summed E-state index contributed by atoms with van der Waals surface area (Å²) in [5.74, 6) is -0.0681. The highest BCUT2D eigenvalue weighted by atomic mass is 32.1. The molecule has 2 N–H and O–H groups in total. The minimum Gasteiger partial charge on any atom is -0.328 e. The zero-order valence-corrected chi connectivity index (χ0v) is 8.77. The van der Waals surface area contributed by atoms with Crippen LogP contribution in [-0.2, 0) is 6.42 Å². The van der Waals surface area contributed by atoms with Gasteiger partial charge in [-0.2, -0.15) is 0 Å². The molecular weight excluding hydrogens is 187 g/mol. The van der Waals surface area contributed by atoms with E-state index in [0.717, 1.165) is 5.01 Å². The molecule has 1 heterocycles. The van der Waals surface area contributed by atoms with Crippen molar-refractivity contribution in [2.45, 2.75) is 25.9 Å². The Bertz CT molecular complexity index is 248. The molecule has 4 heteroatoms. The quantitative estimate of drug-likeness (QED) is 0.811. The third-order valence-electron chi connectivity index (χ3n) is 2.30. The van der Waals surface area contributed by atoms with Crippen LogP contribution in [0.3, 0.4) is 0 Å². The Labute approximate surface area is 82.0 Å². The molecule has 2 nitrogen and oxygen atoms in total. The van der Waals surface area contributed by atoms with Crippen molar-refractivity contribution in [3.63, 3.8) is 0 Å². The first kappa shape index (κ1) is 10.6. The predicted octanol–water partition coefficient (Wildman–Crippen LogP) is 2.01. The van der Waals surface area contributed by atoms with Crippen molar-refractivity contribution in [1.82, 2.24) is 4.98 Å². The Hall–Kier alpha value is -0.480. The van der Waals surface area contributed by atoms with Crippen LogP contribution >= 0.6 is 11.3 Å². The van der Waals surface area contributed by atoms with Gasteiger partial charge in [0.25, 0.3) is 0 Å². The molecule has 0 saturated carbocycles. The monoisotopic (exact) mass is 202 g/mol. The van der Waals surface area contributed by atoms with E-state index in [9.17, 15) is 4.39 Å². The number of nitrogens with two attached hydrogens (primary N) is 1. The maximum Gasteiger partial charge on any atom is 0.131 e. The Morgan fingerprint density at radius 2 is 2.38 bits per heavy atom. The van der Waals surface area contributed by atoms with Crippen LogP contribution < -0.4 is 5.73 Å². The normalized spacial score (nSPS) is 16.1. The van der Waals surface area contributed by atoms with Gasteiger partial charge in [-0.1, -0.05) is 13.8 Å². The third kappa shape index (κ3) is 2.48. The molecule has 0 saturated heterocycles. The number of hydrogen-bond acceptors (Lipinski definition) is 3. The average Bonchev–Trinajstić information content (AvgIpc) is 2.56. The summed E-state index contributed by atoms with van der Waals surface area (Å²) in [7, 11) is 0. The maximum atomic E-state index is 14.0. The Balaban J connectivity index is 2.69. The Morgan fingerprint density at radius 3 is 2.77 bits per heavy atom. The van der Waals surface area contributed by atoms with Crippen LogP contribution in [0.5, 0.6) is 0 Å². The van der Waals surface area contributed by atoms with Crippen LogP contribution in [-0.4, -0.2) is 17.2 Å². The van der Waals surface area contributed by atoms with Crippen LogP contribution in [0, 0.1) is 5.92 Å². The average molecular weight is 202 g/mol. The lowest BCUT2D eigenvalue weighted by Gasteiger charge is -2.26. The molecule has 0 spiro atoms. The molecule has 0 fully saturated rings. The van der Waals surface area contributed by atoms with Gasteiger partial charge in [0, 0.05) is 24.5 Å². The van der Waals surface area contributed by atoms with Crippen molar-refractivity contribution >= 4 is 11.3 Å². The van der Waals surface area contributed by atoms with Crippen molar-refractivity contribution in [2.24, 2.45) is 11.7 Å². The first-order valence-electron chi connectivity index (χ1n) is 4.36. The number of alkyl halides is 1. The smallest absolute Gasteiger partial charge is 0.131 e. The summed E-state index contributed by atoms with van der Waals surface area (Å²) in [5, 5.41) is 2.67. The summed E-state index contributed by atoms with van der Waals surface area (Å²) >= 11 is 1.48. The van der Waals surface area contributed by atoms with Gasteiger partial charge in [0.05, 0.1) is 5.01 Å². The molecule has 0 aliphatic rings. The van der Waals surface area contributed by atoms with Gasteiger partial charge in [0.15, 0.2) is 0 Å². The molecule has 1 rings (SSSR count). The number of halogens is 1. The van der Waals surface area contributed by atoms with E-state index in [-0.39, 0.29) is 12.5 Å². The Morgan fingerprint density at radius 1 is 1.69 bits per heavy atom. The molecule has 0 amide bonds. The highest BCUT2D eigenvalue weighted by molar-refractivity contribution is 7.09. The fourth-order valence-electron chi connectivity index (χ4n) is 1.10. The molecule has 13 heavy (non-hydrogen) atoms. The highest BCUT2D eigenvalue weighted by Crippen LogP contribution is 2.26. The maximum absolute atomic E-state index is 14.0. The van der Waals surface area contributed by atoms with Gasteiger partial charge in [0.1, 0.15) is 5.67 Å². The molecule has 0 aromatic carbocycles. The molecule has 0 bridgehead atoms. The SMILES string of the molecule is CC(C)C(F)(CN)Cc1nccs1. The summed E-state index contributed by atoms with van der Waals surface area (Å²) in [6.45, 7) is 3.76. The van der Waals surface area contributed by atoms with Crippen LogP contribution in [0.25, 0.3) is 0 Å². The minimum atomic E-state index is -1.31. The Kier molecular flexibility index (Phi) is 3.39. The van der Waals surface area contributed by atoms with E-state index in [1.54, 1.807) is 6.20 Å². The van der Waals surface area contributed by atoms with Crippen molar-refractivity contribution in [3.8, 4) is 0 Å².